The smallest absolute Gasteiger partial charge is 0.268 e. The fraction of sp³-hybridized carbons (Fsp3) is 0.0833. The molecule has 1 aromatic heterocycles. The van der Waals surface area contributed by atoms with Crippen LogP contribution in [0.5, 0.6) is 5.75 Å². The molecule has 0 fully saturated rings. The predicted molar refractivity (Wildman–Crippen MR) is 72.9 cm³/mol. The quantitative estimate of drug-likeness (QED) is 0.922. The maximum Gasteiger partial charge on any atom is 0.268 e. The highest BCUT2D eigenvalue weighted by atomic mass is 79.9. The lowest BCUT2D eigenvalue weighted by molar-refractivity contribution is 0.0997. The van der Waals surface area contributed by atoms with E-state index >= 15 is 0 Å². The Morgan fingerprint density at radius 1 is 1.24 bits per heavy atom. The van der Waals surface area contributed by atoms with Crippen LogP contribution in [0.25, 0.3) is 0 Å². The second-order valence-electron chi connectivity index (χ2n) is 3.48. The molecule has 17 heavy (non-hydrogen) atoms. The third kappa shape index (κ3) is 2.68. The number of anilines is 1. The van der Waals surface area contributed by atoms with Gasteiger partial charge in [0.25, 0.3) is 5.91 Å². The van der Waals surface area contributed by atoms with Gasteiger partial charge in [-0.25, -0.2) is 0 Å². The fourth-order valence-electron chi connectivity index (χ4n) is 1.39. The zero-order valence-corrected chi connectivity index (χ0v) is 11.5. The van der Waals surface area contributed by atoms with Crippen LogP contribution in [0.3, 0.4) is 0 Å². The van der Waals surface area contributed by atoms with Crippen molar-refractivity contribution in [2.75, 3.05) is 11.9 Å². The molecule has 5 heteroatoms. The van der Waals surface area contributed by atoms with Gasteiger partial charge in [-0.2, -0.15) is 0 Å². The van der Waals surface area contributed by atoms with Crippen molar-refractivity contribution >= 4 is 38.9 Å². The number of rotatable bonds is 2. The van der Waals surface area contributed by atoms with Gasteiger partial charge in [0, 0.05) is 12.7 Å². The highest BCUT2D eigenvalue weighted by molar-refractivity contribution is 9.11. The summed E-state index contributed by atoms with van der Waals surface area (Å²) in [4.78, 5) is 14.3. The zero-order chi connectivity index (χ0) is 12.4. The summed E-state index contributed by atoms with van der Waals surface area (Å²) in [7, 11) is 1.71. The van der Waals surface area contributed by atoms with Crippen LogP contribution in [0, 0.1) is 0 Å². The number of phenols is 1. The van der Waals surface area contributed by atoms with Crippen molar-refractivity contribution in [1.29, 1.82) is 0 Å². The number of halogens is 1. The second-order valence-corrected chi connectivity index (χ2v) is 5.95. The van der Waals surface area contributed by atoms with Gasteiger partial charge >= 0.3 is 0 Å². The first-order valence-electron chi connectivity index (χ1n) is 4.90. The minimum atomic E-state index is -0.0635. The molecule has 0 aliphatic rings. The summed E-state index contributed by atoms with van der Waals surface area (Å²) in [6.45, 7) is 0. The predicted octanol–water partition coefficient (Wildman–Crippen LogP) is 3.49. The topological polar surface area (TPSA) is 40.5 Å². The average molecular weight is 312 g/mol. The summed E-state index contributed by atoms with van der Waals surface area (Å²) in [6.07, 6.45) is 0. The fourth-order valence-corrected chi connectivity index (χ4v) is 2.75. The van der Waals surface area contributed by atoms with Gasteiger partial charge in [-0.05, 0) is 52.3 Å². The molecule has 2 aromatic rings. The molecule has 0 radical (unpaired) electrons. The third-order valence-corrected chi connectivity index (χ3v) is 3.94. The molecule has 0 aliphatic carbocycles. The van der Waals surface area contributed by atoms with Gasteiger partial charge in [-0.3, -0.25) is 4.79 Å². The van der Waals surface area contributed by atoms with Gasteiger partial charge in [0.15, 0.2) is 0 Å². The Labute approximate surface area is 111 Å². The molecule has 3 nitrogen and oxygen atoms in total. The standard InChI is InChI=1S/C12H10BrNO2S/c1-14(8-2-4-9(15)5-3-8)12(16)10-6-7-11(13)17-10/h2-7,15H,1H3. The van der Waals surface area contributed by atoms with Crippen molar-refractivity contribution in [3.05, 3.63) is 45.1 Å². The van der Waals surface area contributed by atoms with Crippen molar-refractivity contribution in [3.8, 4) is 5.75 Å². The van der Waals surface area contributed by atoms with E-state index in [1.807, 2.05) is 6.07 Å². The number of phenolic OH excluding ortho intramolecular Hbond substituents is 1. The van der Waals surface area contributed by atoms with Gasteiger partial charge in [0.1, 0.15) is 5.75 Å². The molecular formula is C12H10BrNO2S. The van der Waals surface area contributed by atoms with Gasteiger partial charge < -0.3 is 10.0 Å². The molecule has 2 rings (SSSR count). The number of carbonyl (C=O) groups is 1. The molecule has 0 atom stereocenters. The Bertz CT molecular complexity index is 536. The monoisotopic (exact) mass is 311 g/mol. The van der Waals surface area contributed by atoms with E-state index in [1.165, 1.54) is 11.3 Å². The number of hydrogen-bond donors (Lipinski definition) is 1. The van der Waals surface area contributed by atoms with E-state index in [0.29, 0.717) is 4.88 Å². The molecule has 0 bridgehead atoms. The van der Waals surface area contributed by atoms with E-state index < -0.39 is 0 Å². The maximum absolute atomic E-state index is 12.1. The summed E-state index contributed by atoms with van der Waals surface area (Å²) in [5.74, 6) is 0.125. The van der Waals surface area contributed by atoms with Crippen LogP contribution in [-0.2, 0) is 0 Å². The van der Waals surface area contributed by atoms with Crippen LogP contribution in [-0.4, -0.2) is 18.1 Å². The summed E-state index contributed by atoms with van der Waals surface area (Å²) in [5, 5.41) is 9.19. The van der Waals surface area contributed by atoms with E-state index in [0.717, 1.165) is 9.47 Å². The number of aromatic hydroxyl groups is 1. The minimum Gasteiger partial charge on any atom is -0.508 e. The van der Waals surface area contributed by atoms with Gasteiger partial charge in [0.05, 0.1) is 8.66 Å². The summed E-state index contributed by atoms with van der Waals surface area (Å²) in [6, 6.07) is 10.2. The largest absolute Gasteiger partial charge is 0.508 e. The Kier molecular flexibility index (Phi) is 3.49. The number of benzene rings is 1. The van der Waals surface area contributed by atoms with Crippen molar-refractivity contribution < 1.29 is 9.90 Å². The van der Waals surface area contributed by atoms with Crippen LogP contribution < -0.4 is 4.90 Å². The lowest BCUT2D eigenvalue weighted by Crippen LogP contribution is -2.25. The van der Waals surface area contributed by atoms with Gasteiger partial charge in [0.2, 0.25) is 0 Å². The van der Waals surface area contributed by atoms with Gasteiger partial charge in [-0.15, -0.1) is 11.3 Å². The highest BCUT2D eigenvalue weighted by Crippen LogP contribution is 2.25. The average Bonchev–Trinajstić information content (AvgIpc) is 2.75. The van der Waals surface area contributed by atoms with E-state index in [2.05, 4.69) is 15.9 Å². The molecule has 1 amide bonds. The first-order chi connectivity index (χ1) is 8.08. The van der Waals surface area contributed by atoms with E-state index in [4.69, 9.17) is 0 Å². The molecule has 1 aromatic carbocycles. The van der Waals surface area contributed by atoms with Gasteiger partial charge in [-0.1, -0.05) is 0 Å². The molecule has 1 heterocycles. The third-order valence-electron chi connectivity index (χ3n) is 2.33. The second kappa shape index (κ2) is 4.89. The van der Waals surface area contributed by atoms with Crippen LogP contribution in [0.4, 0.5) is 5.69 Å². The summed E-state index contributed by atoms with van der Waals surface area (Å²) in [5.41, 5.74) is 0.748. The molecule has 1 N–H and O–H groups in total. The number of nitrogens with zero attached hydrogens (tertiary/aromatic N) is 1. The van der Waals surface area contributed by atoms with Crippen LogP contribution in [0.2, 0.25) is 0 Å². The van der Waals surface area contributed by atoms with Crippen LogP contribution >= 0.6 is 27.3 Å². The number of amides is 1. The Balaban J connectivity index is 2.23. The maximum atomic E-state index is 12.1. The zero-order valence-electron chi connectivity index (χ0n) is 9.05. The molecule has 0 aliphatic heterocycles. The number of thiophene rings is 1. The van der Waals surface area contributed by atoms with Crippen LogP contribution in [0.15, 0.2) is 40.2 Å². The first-order valence-corrected chi connectivity index (χ1v) is 6.51. The summed E-state index contributed by atoms with van der Waals surface area (Å²) >= 11 is 4.73. The SMILES string of the molecule is CN(C(=O)c1ccc(Br)s1)c1ccc(O)cc1. The minimum absolute atomic E-state index is 0.0635. The summed E-state index contributed by atoms with van der Waals surface area (Å²) < 4.78 is 0.931. The normalized spacial score (nSPS) is 10.2. The molecule has 0 spiro atoms. The van der Waals surface area contributed by atoms with E-state index in [1.54, 1.807) is 42.3 Å². The Hall–Kier alpha value is -1.33. The lowest BCUT2D eigenvalue weighted by atomic mass is 10.2. The first kappa shape index (κ1) is 12.1. The Morgan fingerprint density at radius 2 is 1.88 bits per heavy atom. The van der Waals surface area contributed by atoms with Crippen LogP contribution in [0.1, 0.15) is 9.67 Å². The number of carbonyl (C=O) groups excluding carboxylic acids is 1. The van der Waals surface area contributed by atoms with Crippen molar-refractivity contribution in [1.82, 2.24) is 0 Å². The molecular weight excluding hydrogens is 302 g/mol. The van der Waals surface area contributed by atoms with Crippen molar-refractivity contribution in [2.24, 2.45) is 0 Å². The molecule has 0 unspecified atom stereocenters. The lowest BCUT2D eigenvalue weighted by Gasteiger charge is -2.16. The highest BCUT2D eigenvalue weighted by Gasteiger charge is 2.15. The molecule has 88 valence electrons. The Morgan fingerprint density at radius 3 is 2.41 bits per heavy atom. The number of hydrogen-bond acceptors (Lipinski definition) is 3. The van der Waals surface area contributed by atoms with E-state index in [9.17, 15) is 9.90 Å². The van der Waals surface area contributed by atoms with Crippen molar-refractivity contribution in [3.63, 3.8) is 0 Å². The van der Waals surface area contributed by atoms with E-state index in [-0.39, 0.29) is 11.7 Å². The molecule has 0 saturated carbocycles. The molecule has 0 saturated heterocycles. The van der Waals surface area contributed by atoms with Crippen molar-refractivity contribution in [2.45, 2.75) is 0 Å².